The number of nitriles is 1. The van der Waals surface area contributed by atoms with Gasteiger partial charge >= 0.3 is 0 Å². The fraction of sp³-hybridized carbons (Fsp3) is 0.571. The highest BCUT2D eigenvalue weighted by molar-refractivity contribution is 7.14. The van der Waals surface area contributed by atoms with E-state index >= 15 is 0 Å². The van der Waals surface area contributed by atoms with E-state index in [9.17, 15) is 4.79 Å². The lowest BCUT2D eigenvalue weighted by Gasteiger charge is -2.46. The Kier molecular flexibility index (Phi) is 4.51. The average molecular weight is 305 g/mol. The van der Waals surface area contributed by atoms with Crippen molar-refractivity contribution in [3.05, 3.63) is 17.0 Å². The molecule has 3 rings (SSSR count). The van der Waals surface area contributed by atoms with Crippen LogP contribution in [0.1, 0.15) is 5.56 Å². The van der Waals surface area contributed by atoms with Crippen LogP contribution in [-0.2, 0) is 4.79 Å². The number of nitrogens with one attached hydrogen (secondary N) is 2. The molecule has 0 unspecified atom stereocenters. The van der Waals surface area contributed by atoms with Crippen LogP contribution in [0.4, 0.5) is 5.00 Å². The quantitative estimate of drug-likeness (QED) is 0.828. The number of anilines is 1. The Bertz CT molecular complexity index is 540. The van der Waals surface area contributed by atoms with Crippen LogP contribution in [0.15, 0.2) is 11.4 Å². The Morgan fingerprint density at radius 2 is 2.24 bits per heavy atom. The number of hydrogen-bond donors (Lipinski definition) is 2. The topological polar surface area (TPSA) is 71.4 Å². The van der Waals surface area contributed by atoms with Crippen molar-refractivity contribution in [3.8, 4) is 6.07 Å². The zero-order valence-electron chi connectivity index (χ0n) is 11.8. The van der Waals surface area contributed by atoms with Gasteiger partial charge in [-0.1, -0.05) is 0 Å². The van der Waals surface area contributed by atoms with Gasteiger partial charge in [0.2, 0.25) is 5.91 Å². The van der Waals surface area contributed by atoms with E-state index in [1.807, 2.05) is 5.38 Å². The van der Waals surface area contributed by atoms with Crippen LogP contribution in [-0.4, -0.2) is 67.6 Å². The molecule has 2 aliphatic heterocycles. The molecule has 0 radical (unpaired) electrons. The van der Waals surface area contributed by atoms with Gasteiger partial charge < -0.3 is 10.6 Å². The minimum atomic E-state index is -0.0345. The van der Waals surface area contributed by atoms with E-state index in [2.05, 4.69) is 26.5 Å². The van der Waals surface area contributed by atoms with E-state index in [1.165, 1.54) is 11.3 Å². The van der Waals surface area contributed by atoms with Crippen LogP contribution in [0.2, 0.25) is 0 Å². The van der Waals surface area contributed by atoms with Crippen LogP contribution < -0.4 is 10.6 Å². The molecule has 0 saturated carbocycles. The predicted molar refractivity (Wildman–Crippen MR) is 82.3 cm³/mol. The molecular formula is C14H19N5OS. The lowest BCUT2D eigenvalue weighted by Crippen LogP contribution is -2.63. The first-order chi connectivity index (χ1) is 10.3. The fourth-order valence-corrected chi connectivity index (χ4v) is 3.57. The summed E-state index contributed by atoms with van der Waals surface area (Å²) in [7, 11) is 0. The van der Waals surface area contributed by atoms with E-state index in [0.29, 0.717) is 23.2 Å². The summed E-state index contributed by atoms with van der Waals surface area (Å²) in [6, 6.07) is 4.40. The van der Waals surface area contributed by atoms with E-state index in [-0.39, 0.29) is 5.91 Å². The number of hydrogen-bond acceptors (Lipinski definition) is 6. The molecule has 2 saturated heterocycles. The molecule has 1 aromatic rings. The summed E-state index contributed by atoms with van der Waals surface area (Å²) in [5.41, 5.74) is 0.538. The number of thiophene rings is 1. The van der Waals surface area contributed by atoms with Gasteiger partial charge in [-0.25, -0.2) is 0 Å². The molecule has 0 aromatic carbocycles. The number of carbonyl (C=O) groups is 1. The minimum Gasteiger partial charge on any atom is -0.315 e. The summed E-state index contributed by atoms with van der Waals surface area (Å²) in [6.07, 6.45) is 0. The van der Waals surface area contributed by atoms with Crippen molar-refractivity contribution in [2.24, 2.45) is 0 Å². The zero-order chi connectivity index (χ0) is 14.7. The summed E-state index contributed by atoms with van der Waals surface area (Å²) in [5, 5.41) is 17.6. The number of carbonyl (C=O) groups excluding carboxylic acids is 1. The lowest BCUT2D eigenvalue weighted by molar-refractivity contribution is -0.119. The van der Waals surface area contributed by atoms with E-state index < -0.39 is 0 Å². The molecule has 0 spiro atoms. The Labute approximate surface area is 128 Å². The van der Waals surface area contributed by atoms with Gasteiger partial charge in [0.25, 0.3) is 0 Å². The number of piperazine rings is 1. The fourth-order valence-electron chi connectivity index (χ4n) is 2.81. The minimum absolute atomic E-state index is 0.0345. The van der Waals surface area contributed by atoms with Gasteiger partial charge in [-0.05, 0) is 11.4 Å². The van der Waals surface area contributed by atoms with Crippen molar-refractivity contribution in [2.45, 2.75) is 6.04 Å². The second kappa shape index (κ2) is 6.54. The van der Waals surface area contributed by atoms with Gasteiger partial charge in [-0.3, -0.25) is 14.6 Å². The van der Waals surface area contributed by atoms with Crippen LogP contribution in [0.3, 0.4) is 0 Å². The van der Waals surface area contributed by atoms with Gasteiger partial charge in [0, 0.05) is 45.3 Å². The maximum Gasteiger partial charge on any atom is 0.239 e. The Morgan fingerprint density at radius 3 is 2.95 bits per heavy atom. The molecule has 2 fully saturated rings. The second-order valence-corrected chi connectivity index (χ2v) is 6.37. The van der Waals surface area contributed by atoms with Crippen molar-refractivity contribution >= 4 is 22.2 Å². The molecule has 3 heterocycles. The van der Waals surface area contributed by atoms with Crippen molar-refractivity contribution in [1.82, 2.24) is 15.1 Å². The monoisotopic (exact) mass is 305 g/mol. The summed E-state index contributed by atoms with van der Waals surface area (Å²) >= 11 is 1.39. The zero-order valence-corrected chi connectivity index (χ0v) is 12.7. The van der Waals surface area contributed by atoms with Crippen molar-refractivity contribution in [1.29, 1.82) is 5.26 Å². The third-order valence-corrected chi connectivity index (χ3v) is 4.84. The highest BCUT2D eigenvalue weighted by Gasteiger charge is 2.33. The molecule has 112 valence electrons. The van der Waals surface area contributed by atoms with Crippen LogP contribution in [0, 0.1) is 11.3 Å². The normalized spacial score (nSPS) is 20.7. The van der Waals surface area contributed by atoms with Gasteiger partial charge in [-0.15, -0.1) is 11.3 Å². The van der Waals surface area contributed by atoms with Crippen LogP contribution in [0.5, 0.6) is 0 Å². The summed E-state index contributed by atoms with van der Waals surface area (Å²) in [6.45, 7) is 6.66. The molecule has 6 nitrogen and oxygen atoms in total. The summed E-state index contributed by atoms with van der Waals surface area (Å²) in [4.78, 5) is 16.6. The molecule has 2 aliphatic rings. The first-order valence-corrected chi connectivity index (χ1v) is 8.09. The van der Waals surface area contributed by atoms with Crippen molar-refractivity contribution in [2.75, 3.05) is 51.1 Å². The molecule has 0 bridgehead atoms. The van der Waals surface area contributed by atoms with Gasteiger partial charge in [0.15, 0.2) is 0 Å². The third kappa shape index (κ3) is 3.41. The van der Waals surface area contributed by atoms with Gasteiger partial charge in [0.05, 0.1) is 12.1 Å². The first kappa shape index (κ1) is 14.5. The Morgan fingerprint density at radius 1 is 1.48 bits per heavy atom. The van der Waals surface area contributed by atoms with Crippen LogP contribution in [0.25, 0.3) is 0 Å². The Hall–Kier alpha value is -1.46. The second-order valence-electron chi connectivity index (χ2n) is 5.46. The van der Waals surface area contributed by atoms with Crippen LogP contribution >= 0.6 is 11.3 Å². The first-order valence-electron chi connectivity index (χ1n) is 7.21. The average Bonchev–Trinajstić information content (AvgIpc) is 2.90. The van der Waals surface area contributed by atoms with Crippen molar-refractivity contribution < 1.29 is 4.79 Å². The van der Waals surface area contributed by atoms with E-state index in [0.717, 1.165) is 39.3 Å². The number of amides is 1. The van der Waals surface area contributed by atoms with Gasteiger partial charge in [-0.2, -0.15) is 5.26 Å². The summed E-state index contributed by atoms with van der Waals surface area (Å²) in [5.74, 6) is -0.0345. The van der Waals surface area contributed by atoms with Gasteiger partial charge in [0.1, 0.15) is 11.1 Å². The Balaban J connectivity index is 1.42. The predicted octanol–water partition coefficient (Wildman–Crippen LogP) is 0.148. The maximum absolute atomic E-state index is 12.0. The highest BCUT2D eigenvalue weighted by Crippen LogP contribution is 2.22. The lowest BCUT2D eigenvalue weighted by atomic mass is 10.1. The van der Waals surface area contributed by atoms with E-state index in [4.69, 9.17) is 5.26 Å². The number of nitrogens with zero attached hydrogens (tertiary/aromatic N) is 3. The third-order valence-electron chi connectivity index (χ3n) is 4.01. The molecule has 7 heteroatoms. The molecule has 0 atom stereocenters. The largest absolute Gasteiger partial charge is 0.315 e. The molecule has 1 aromatic heterocycles. The smallest absolute Gasteiger partial charge is 0.239 e. The molecule has 2 N–H and O–H groups in total. The van der Waals surface area contributed by atoms with Crippen molar-refractivity contribution in [3.63, 3.8) is 0 Å². The molecule has 21 heavy (non-hydrogen) atoms. The number of rotatable bonds is 4. The highest BCUT2D eigenvalue weighted by atomic mass is 32.1. The van der Waals surface area contributed by atoms with E-state index in [1.54, 1.807) is 6.07 Å². The molecule has 0 aliphatic carbocycles. The standard InChI is InChI=1S/C14H19N5OS/c15-7-11-1-6-21-14(11)17-13(20)10-18-8-12(9-18)19-4-2-16-3-5-19/h1,6,12,16H,2-5,8-10H2,(H,17,20). The molecule has 1 amide bonds. The number of likely N-dealkylation sites (tertiary alicyclic amines) is 1. The maximum atomic E-state index is 12.0. The molecular weight excluding hydrogens is 286 g/mol. The SMILES string of the molecule is N#Cc1ccsc1NC(=O)CN1CC(N2CCNCC2)C1. The summed E-state index contributed by atoms with van der Waals surface area (Å²) < 4.78 is 0.